The molecule has 1 fully saturated rings. The summed E-state index contributed by atoms with van der Waals surface area (Å²) in [7, 11) is 0. The van der Waals surface area contributed by atoms with Crippen molar-refractivity contribution < 1.29 is 9.53 Å². The van der Waals surface area contributed by atoms with Crippen molar-refractivity contribution in [3.05, 3.63) is 59.6 Å². The second-order valence-corrected chi connectivity index (χ2v) is 7.62. The number of amides is 2. The van der Waals surface area contributed by atoms with Crippen LogP contribution in [0.5, 0.6) is 0 Å². The van der Waals surface area contributed by atoms with Crippen LogP contribution in [-0.2, 0) is 11.2 Å². The van der Waals surface area contributed by atoms with E-state index >= 15 is 0 Å². The normalized spacial score (nSPS) is 13.6. The summed E-state index contributed by atoms with van der Waals surface area (Å²) < 4.78 is 5.40. The van der Waals surface area contributed by atoms with E-state index in [1.54, 1.807) is 18.5 Å². The minimum atomic E-state index is -0.439. The zero-order valence-corrected chi connectivity index (χ0v) is 18.2. The highest BCUT2D eigenvalue weighted by Crippen LogP contribution is 2.31. The molecule has 4 N–H and O–H groups in total. The summed E-state index contributed by atoms with van der Waals surface area (Å²) in [5.74, 6) is 0.320. The van der Waals surface area contributed by atoms with Crippen molar-refractivity contribution in [1.29, 1.82) is 0 Å². The van der Waals surface area contributed by atoms with Gasteiger partial charge < -0.3 is 20.7 Å². The van der Waals surface area contributed by atoms with Gasteiger partial charge in [0.2, 0.25) is 0 Å². The molecule has 0 spiro atoms. The molecule has 1 aliphatic rings. The number of urea groups is 1. The fourth-order valence-corrected chi connectivity index (χ4v) is 3.67. The molecule has 10 heteroatoms. The molecule has 0 radical (unpaired) electrons. The number of carbonyl (C=O) groups excluding carboxylic acids is 1. The minimum Gasteiger partial charge on any atom is -0.378 e. The topological polar surface area (TPSA) is 118 Å². The summed E-state index contributed by atoms with van der Waals surface area (Å²) in [6.07, 6.45) is 5.38. The van der Waals surface area contributed by atoms with E-state index in [2.05, 4.69) is 30.5 Å². The zero-order valence-electron chi connectivity index (χ0n) is 17.4. The Bertz CT molecular complexity index is 1070. The molecule has 0 atom stereocenters. The Kier molecular flexibility index (Phi) is 7.10. The average molecular weight is 454 g/mol. The molecule has 0 aliphatic carbocycles. The van der Waals surface area contributed by atoms with Gasteiger partial charge in [0.1, 0.15) is 0 Å². The SMILES string of the molecule is NCCc1ccc(NC(=O)Nc2cncc(-c3ccc(N4CCOCC4)c(Cl)c3)n2)cn1. The molecule has 166 valence electrons. The lowest BCUT2D eigenvalue weighted by molar-refractivity contribution is 0.122. The number of rotatable bonds is 6. The molecular weight excluding hydrogens is 430 g/mol. The quantitative estimate of drug-likeness (QED) is 0.524. The molecule has 2 aromatic heterocycles. The van der Waals surface area contributed by atoms with Gasteiger partial charge in [-0.1, -0.05) is 17.7 Å². The molecule has 3 aromatic rings. The third-order valence-corrected chi connectivity index (χ3v) is 5.26. The summed E-state index contributed by atoms with van der Waals surface area (Å²) in [6, 6.07) is 8.93. The molecule has 0 saturated carbocycles. The smallest absolute Gasteiger partial charge is 0.324 e. The number of aromatic nitrogens is 3. The maximum Gasteiger partial charge on any atom is 0.324 e. The van der Waals surface area contributed by atoms with Gasteiger partial charge in [-0.05, 0) is 30.8 Å². The standard InChI is InChI=1S/C22H24ClN7O2/c23-18-11-15(1-4-20(18)30-7-9-32-10-8-30)19-13-25-14-21(28-19)29-22(31)27-17-3-2-16(5-6-24)26-12-17/h1-4,11-14H,5-10,24H2,(H2,27,28,29,31). The second kappa shape index (κ2) is 10.4. The van der Waals surface area contributed by atoms with Crippen LogP contribution in [0.2, 0.25) is 5.02 Å². The van der Waals surface area contributed by atoms with Gasteiger partial charge in [0.15, 0.2) is 5.82 Å². The minimum absolute atomic E-state index is 0.320. The number of nitrogens with zero attached hydrogens (tertiary/aromatic N) is 4. The molecule has 0 bridgehead atoms. The molecule has 4 rings (SSSR count). The Morgan fingerprint density at radius 2 is 1.97 bits per heavy atom. The van der Waals surface area contributed by atoms with Crippen LogP contribution in [0.25, 0.3) is 11.3 Å². The molecular formula is C22H24ClN7O2. The summed E-state index contributed by atoms with van der Waals surface area (Å²) in [4.78, 5) is 27.5. The number of pyridine rings is 1. The number of hydrogen-bond donors (Lipinski definition) is 3. The van der Waals surface area contributed by atoms with Crippen molar-refractivity contribution in [1.82, 2.24) is 15.0 Å². The van der Waals surface area contributed by atoms with Gasteiger partial charge >= 0.3 is 6.03 Å². The summed E-state index contributed by atoms with van der Waals surface area (Å²) in [5.41, 5.74) is 9.34. The number of halogens is 1. The van der Waals surface area contributed by atoms with Gasteiger partial charge in [0.25, 0.3) is 0 Å². The Labute approximate surface area is 191 Å². The zero-order chi connectivity index (χ0) is 22.3. The number of anilines is 3. The molecule has 2 amide bonds. The first-order valence-electron chi connectivity index (χ1n) is 10.3. The predicted octanol–water partition coefficient (Wildman–Crippen LogP) is 3.17. The van der Waals surface area contributed by atoms with E-state index in [0.717, 1.165) is 30.0 Å². The Balaban J connectivity index is 1.42. The first-order chi connectivity index (χ1) is 15.6. The van der Waals surface area contributed by atoms with Crippen LogP contribution in [0.3, 0.4) is 0 Å². The molecule has 0 unspecified atom stereocenters. The first kappa shape index (κ1) is 21.9. The van der Waals surface area contributed by atoms with Crippen LogP contribution in [0.15, 0.2) is 48.9 Å². The molecule has 1 saturated heterocycles. The van der Waals surface area contributed by atoms with Crippen molar-refractivity contribution >= 4 is 34.8 Å². The van der Waals surface area contributed by atoms with Crippen molar-refractivity contribution in [2.24, 2.45) is 5.73 Å². The number of nitrogens with two attached hydrogens (primary N) is 1. The number of ether oxygens (including phenoxy) is 1. The van der Waals surface area contributed by atoms with Gasteiger partial charge in [-0.25, -0.2) is 9.78 Å². The highest BCUT2D eigenvalue weighted by molar-refractivity contribution is 6.33. The van der Waals surface area contributed by atoms with Crippen molar-refractivity contribution in [2.45, 2.75) is 6.42 Å². The van der Waals surface area contributed by atoms with Gasteiger partial charge in [0, 0.05) is 30.8 Å². The summed E-state index contributed by atoms with van der Waals surface area (Å²) >= 11 is 6.53. The Morgan fingerprint density at radius 3 is 2.69 bits per heavy atom. The lowest BCUT2D eigenvalue weighted by Gasteiger charge is -2.29. The number of hydrogen-bond acceptors (Lipinski definition) is 7. The second-order valence-electron chi connectivity index (χ2n) is 7.21. The lowest BCUT2D eigenvalue weighted by Crippen LogP contribution is -2.36. The number of benzene rings is 1. The van der Waals surface area contributed by atoms with Crippen molar-refractivity contribution in [2.75, 3.05) is 48.4 Å². The van der Waals surface area contributed by atoms with E-state index in [-0.39, 0.29) is 0 Å². The fraction of sp³-hybridized carbons (Fsp3) is 0.273. The first-order valence-corrected chi connectivity index (χ1v) is 10.7. The van der Waals surface area contributed by atoms with E-state index in [9.17, 15) is 4.79 Å². The Hall–Kier alpha value is -3.27. The van der Waals surface area contributed by atoms with Crippen LogP contribution in [0, 0.1) is 0 Å². The highest BCUT2D eigenvalue weighted by atomic mass is 35.5. The fourth-order valence-electron chi connectivity index (χ4n) is 3.37. The predicted molar refractivity (Wildman–Crippen MR) is 125 cm³/mol. The molecule has 32 heavy (non-hydrogen) atoms. The van der Waals surface area contributed by atoms with Crippen LogP contribution in [0.4, 0.5) is 22.0 Å². The van der Waals surface area contributed by atoms with Crippen molar-refractivity contribution in [3.63, 3.8) is 0 Å². The van der Waals surface area contributed by atoms with E-state index in [0.29, 0.717) is 48.4 Å². The van der Waals surface area contributed by atoms with Gasteiger partial charge in [0.05, 0.1) is 53.9 Å². The van der Waals surface area contributed by atoms with Gasteiger partial charge in [-0.3, -0.25) is 15.3 Å². The van der Waals surface area contributed by atoms with E-state index in [1.807, 2.05) is 24.3 Å². The van der Waals surface area contributed by atoms with Crippen LogP contribution >= 0.6 is 11.6 Å². The van der Waals surface area contributed by atoms with E-state index < -0.39 is 6.03 Å². The van der Waals surface area contributed by atoms with E-state index in [1.165, 1.54) is 6.20 Å². The third-order valence-electron chi connectivity index (χ3n) is 4.95. The highest BCUT2D eigenvalue weighted by Gasteiger charge is 2.15. The average Bonchev–Trinajstić information content (AvgIpc) is 2.81. The summed E-state index contributed by atoms with van der Waals surface area (Å²) in [6.45, 7) is 3.51. The molecule has 9 nitrogen and oxygen atoms in total. The van der Waals surface area contributed by atoms with Crippen molar-refractivity contribution in [3.8, 4) is 11.3 Å². The largest absolute Gasteiger partial charge is 0.378 e. The van der Waals surface area contributed by atoms with Crippen LogP contribution < -0.4 is 21.3 Å². The van der Waals surface area contributed by atoms with E-state index in [4.69, 9.17) is 22.1 Å². The Morgan fingerprint density at radius 1 is 1.12 bits per heavy atom. The monoisotopic (exact) mass is 453 g/mol. The molecule has 1 aliphatic heterocycles. The van der Waals surface area contributed by atoms with Crippen LogP contribution in [-0.4, -0.2) is 53.8 Å². The molecule has 1 aromatic carbocycles. The third kappa shape index (κ3) is 5.50. The maximum atomic E-state index is 12.3. The maximum absolute atomic E-state index is 12.3. The van der Waals surface area contributed by atoms with Gasteiger partial charge in [-0.2, -0.15) is 0 Å². The van der Waals surface area contributed by atoms with Gasteiger partial charge in [-0.15, -0.1) is 0 Å². The summed E-state index contributed by atoms with van der Waals surface area (Å²) in [5, 5.41) is 6.05. The number of carbonyl (C=O) groups is 1. The lowest BCUT2D eigenvalue weighted by atomic mass is 10.1. The molecule has 3 heterocycles. The number of nitrogens with one attached hydrogen (secondary N) is 2. The number of morpholine rings is 1. The van der Waals surface area contributed by atoms with Crippen LogP contribution in [0.1, 0.15) is 5.69 Å².